The summed E-state index contributed by atoms with van der Waals surface area (Å²) in [6.45, 7) is 4.48. The van der Waals surface area contributed by atoms with Gasteiger partial charge in [-0.3, -0.25) is 0 Å². The lowest BCUT2D eigenvalue weighted by molar-refractivity contribution is 0.0276. The van der Waals surface area contributed by atoms with E-state index in [1.165, 1.54) is 0 Å². The Morgan fingerprint density at radius 2 is 2.30 bits per heavy atom. The van der Waals surface area contributed by atoms with Crippen LogP contribution in [0.2, 0.25) is 0 Å². The van der Waals surface area contributed by atoms with Crippen LogP contribution < -0.4 is 10.1 Å². The first-order chi connectivity index (χ1) is 9.83. The molecule has 20 heavy (non-hydrogen) atoms. The van der Waals surface area contributed by atoms with Crippen LogP contribution in [-0.4, -0.2) is 29.9 Å². The van der Waals surface area contributed by atoms with Crippen LogP contribution in [0.3, 0.4) is 0 Å². The van der Waals surface area contributed by atoms with E-state index in [9.17, 15) is 0 Å². The number of morpholine rings is 1. The summed E-state index contributed by atoms with van der Waals surface area (Å²) in [4.78, 5) is 0. The van der Waals surface area contributed by atoms with Gasteiger partial charge in [0.2, 0.25) is 5.88 Å². The van der Waals surface area contributed by atoms with Crippen molar-refractivity contribution in [2.24, 2.45) is 0 Å². The number of nitrogens with one attached hydrogen (secondary N) is 1. The minimum Gasteiger partial charge on any atom is -0.437 e. The van der Waals surface area contributed by atoms with Gasteiger partial charge in [-0.2, -0.15) is 5.10 Å². The molecule has 2 aromatic rings. The number of rotatable bonds is 3. The lowest BCUT2D eigenvalue weighted by Crippen LogP contribution is -2.33. The highest BCUT2D eigenvalue weighted by molar-refractivity contribution is 5.39. The number of aryl methyl sites for hydroxylation is 1. The Hall–Kier alpha value is -1.98. The van der Waals surface area contributed by atoms with E-state index in [1.54, 1.807) is 18.3 Å². The topological polar surface area (TPSA) is 56.3 Å². The average molecular weight is 271 g/mol. The first-order valence-electron chi connectivity index (χ1n) is 6.71. The predicted octanol–water partition coefficient (Wildman–Crippen LogP) is 2.24. The Labute approximate surface area is 117 Å². The number of benzene rings is 1. The largest absolute Gasteiger partial charge is 0.437 e. The Bertz CT molecular complexity index is 569. The lowest BCUT2D eigenvalue weighted by Gasteiger charge is -2.24. The van der Waals surface area contributed by atoms with E-state index >= 15 is 0 Å². The van der Waals surface area contributed by atoms with Crippen LogP contribution in [0.4, 0.5) is 0 Å². The van der Waals surface area contributed by atoms with Crippen molar-refractivity contribution in [3.8, 4) is 11.6 Å². The number of ether oxygens (including phenoxy) is 2. The highest BCUT2D eigenvalue weighted by atomic mass is 16.5. The molecule has 1 aliphatic heterocycles. The molecule has 1 saturated heterocycles. The van der Waals surface area contributed by atoms with Gasteiger partial charge in [0.25, 0.3) is 0 Å². The van der Waals surface area contributed by atoms with Crippen molar-refractivity contribution in [3.05, 3.63) is 47.7 Å². The minimum absolute atomic E-state index is 0.0774. The molecule has 0 aliphatic carbocycles. The van der Waals surface area contributed by atoms with Crippen LogP contribution in [0.5, 0.6) is 11.6 Å². The van der Waals surface area contributed by atoms with Crippen molar-refractivity contribution < 1.29 is 9.47 Å². The first kappa shape index (κ1) is 13.0. The van der Waals surface area contributed by atoms with E-state index in [-0.39, 0.29) is 6.10 Å². The Morgan fingerprint density at radius 3 is 3.05 bits per heavy atom. The highest BCUT2D eigenvalue weighted by Gasteiger charge is 2.17. The SMILES string of the molecule is Cc1ccc(C2CNCCO2)cc1Oc1cccnn1. The Balaban J connectivity index is 1.83. The third-order valence-electron chi connectivity index (χ3n) is 3.27. The lowest BCUT2D eigenvalue weighted by atomic mass is 10.1. The quantitative estimate of drug-likeness (QED) is 0.927. The van der Waals surface area contributed by atoms with E-state index in [0.717, 1.165) is 36.6 Å². The normalized spacial score (nSPS) is 18.8. The molecule has 1 aliphatic rings. The van der Waals surface area contributed by atoms with Gasteiger partial charge in [-0.15, -0.1) is 5.10 Å². The van der Waals surface area contributed by atoms with Gasteiger partial charge in [0.05, 0.1) is 12.7 Å². The molecule has 1 unspecified atom stereocenters. The summed E-state index contributed by atoms with van der Waals surface area (Å²) in [5.74, 6) is 1.28. The summed E-state index contributed by atoms with van der Waals surface area (Å²) in [5, 5.41) is 11.1. The molecule has 5 heteroatoms. The number of aromatic nitrogens is 2. The smallest absolute Gasteiger partial charge is 0.238 e. The van der Waals surface area contributed by atoms with Crippen LogP contribution in [-0.2, 0) is 4.74 Å². The van der Waals surface area contributed by atoms with E-state index in [0.29, 0.717) is 5.88 Å². The maximum atomic E-state index is 5.79. The van der Waals surface area contributed by atoms with Crippen molar-refractivity contribution in [3.63, 3.8) is 0 Å². The molecule has 1 aromatic carbocycles. The van der Waals surface area contributed by atoms with E-state index in [2.05, 4.69) is 21.6 Å². The summed E-state index contributed by atoms with van der Waals surface area (Å²) < 4.78 is 11.6. The molecule has 0 radical (unpaired) electrons. The zero-order chi connectivity index (χ0) is 13.8. The molecular formula is C15H17N3O2. The molecule has 0 saturated carbocycles. The minimum atomic E-state index is 0.0774. The number of hydrogen-bond acceptors (Lipinski definition) is 5. The summed E-state index contributed by atoms with van der Waals surface area (Å²) >= 11 is 0. The van der Waals surface area contributed by atoms with Crippen molar-refractivity contribution in [1.82, 2.24) is 15.5 Å². The van der Waals surface area contributed by atoms with Gasteiger partial charge in [-0.05, 0) is 30.2 Å². The van der Waals surface area contributed by atoms with Gasteiger partial charge in [0.1, 0.15) is 5.75 Å². The van der Waals surface area contributed by atoms with Crippen LogP contribution >= 0.6 is 0 Å². The molecule has 1 atom stereocenters. The number of nitrogens with zero attached hydrogens (tertiary/aromatic N) is 2. The highest BCUT2D eigenvalue weighted by Crippen LogP contribution is 2.28. The van der Waals surface area contributed by atoms with Crippen molar-refractivity contribution in [2.45, 2.75) is 13.0 Å². The molecule has 3 rings (SSSR count). The molecule has 1 fully saturated rings. The monoisotopic (exact) mass is 271 g/mol. The molecule has 5 nitrogen and oxygen atoms in total. The van der Waals surface area contributed by atoms with E-state index in [1.807, 2.05) is 19.1 Å². The third-order valence-corrected chi connectivity index (χ3v) is 3.27. The molecule has 1 aromatic heterocycles. The molecular weight excluding hydrogens is 254 g/mol. The fourth-order valence-electron chi connectivity index (χ4n) is 2.16. The maximum Gasteiger partial charge on any atom is 0.238 e. The fourth-order valence-corrected chi connectivity index (χ4v) is 2.16. The van der Waals surface area contributed by atoms with E-state index < -0.39 is 0 Å². The van der Waals surface area contributed by atoms with Gasteiger partial charge in [0, 0.05) is 25.4 Å². The zero-order valence-corrected chi connectivity index (χ0v) is 11.4. The average Bonchev–Trinajstić information content (AvgIpc) is 2.51. The molecule has 0 amide bonds. The second-order valence-corrected chi connectivity index (χ2v) is 4.75. The summed E-state index contributed by atoms with van der Waals surface area (Å²) in [5.41, 5.74) is 2.17. The van der Waals surface area contributed by atoms with Crippen molar-refractivity contribution in [1.29, 1.82) is 0 Å². The van der Waals surface area contributed by atoms with Gasteiger partial charge < -0.3 is 14.8 Å². The molecule has 0 spiro atoms. The summed E-state index contributed by atoms with van der Waals surface area (Å²) in [6, 6.07) is 9.73. The van der Waals surface area contributed by atoms with E-state index in [4.69, 9.17) is 9.47 Å². The van der Waals surface area contributed by atoms with Gasteiger partial charge >= 0.3 is 0 Å². The van der Waals surface area contributed by atoms with Gasteiger partial charge in [-0.25, -0.2) is 0 Å². The van der Waals surface area contributed by atoms with Gasteiger partial charge in [-0.1, -0.05) is 12.1 Å². The molecule has 2 heterocycles. The number of hydrogen-bond donors (Lipinski definition) is 1. The fraction of sp³-hybridized carbons (Fsp3) is 0.333. The van der Waals surface area contributed by atoms with Crippen LogP contribution in [0, 0.1) is 6.92 Å². The first-order valence-corrected chi connectivity index (χ1v) is 6.71. The maximum absolute atomic E-state index is 5.79. The van der Waals surface area contributed by atoms with Crippen LogP contribution in [0.25, 0.3) is 0 Å². The standard InChI is InChI=1S/C15H17N3O2/c1-11-4-5-12(14-10-16-7-8-19-14)9-13(11)20-15-3-2-6-17-18-15/h2-6,9,14,16H,7-8,10H2,1H3. The summed E-state index contributed by atoms with van der Waals surface area (Å²) in [7, 11) is 0. The van der Waals surface area contributed by atoms with Crippen molar-refractivity contribution in [2.75, 3.05) is 19.7 Å². The third kappa shape index (κ3) is 2.95. The van der Waals surface area contributed by atoms with Crippen LogP contribution in [0.1, 0.15) is 17.2 Å². The Kier molecular flexibility index (Phi) is 3.90. The van der Waals surface area contributed by atoms with Crippen LogP contribution in [0.15, 0.2) is 36.5 Å². The summed E-state index contributed by atoms with van der Waals surface area (Å²) in [6.07, 6.45) is 1.70. The van der Waals surface area contributed by atoms with Crippen molar-refractivity contribution >= 4 is 0 Å². The molecule has 104 valence electrons. The predicted molar refractivity (Wildman–Crippen MR) is 74.8 cm³/mol. The second kappa shape index (κ2) is 5.98. The Morgan fingerprint density at radius 1 is 1.35 bits per heavy atom. The second-order valence-electron chi connectivity index (χ2n) is 4.75. The molecule has 1 N–H and O–H groups in total. The molecule has 0 bridgehead atoms. The zero-order valence-electron chi connectivity index (χ0n) is 11.4. The van der Waals surface area contributed by atoms with Gasteiger partial charge in [0.15, 0.2) is 0 Å².